The summed E-state index contributed by atoms with van der Waals surface area (Å²) in [5.74, 6) is -0.338. The highest BCUT2D eigenvalue weighted by Gasteiger charge is 2.65. The van der Waals surface area contributed by atoms with E-state index in [1.54, 1.807) is 11.0 Å². The van der Waals surface area contributed by atoms with Crippen LogP contribution >= 0.6 is 11.6 Å². The van der Waals surface area contributed by atoms with Crippen molar-refractivity contribution >= 4 is 23.4 Å². The highest BCUT2D eigenvalue weighted by molar-refractivity contribution is 6.18. The molecule has 0 aromatic heterocycles. The van der Waals surface area contributed by atoms with Gasteiger partial charge in [0.25, 0.3) is 0 Å². The third-order valence-electron chi connectivity index (χ3n) is 10.7. The Hall–Kier alpha value is -2.91. The normalized spacial score (nSPS) is 26.5. The minimum atomic E-state index is -1.42. The van der Waals surface area contributed by atoms with Crippen LogP contribution in [0.25, 0.3) is 0 Å². The molecule has 4 aliphatic rings. The zero-order chi connectivity index (χ0) is 37.6. The molecule has 0 radical (unpaired) electrons. The molecule has 0 spiro atoms. The van der Waals surface area contributed by atoms with Gasteiger partial charge in [-0.2, -0.15) is 0 Å². The van der Waals surface area contributed by atoms with E-state index in [-0.39, 0.29) is 82.8 Å². The third kappa shape index (κ3) is 10.0. The number of nitrogens with zero attached hydrogens (tertiary/aromatic N) is 3. The van der Waals surface area contributed by atoms with E-state index in [0.29, 0.717) is 30.9 Å². The number of alkyl halides is 1. The Kier molecular flexibility index (Phi) is 16.1. The molecule has 14 heteroatoms. The summed E-state index contributed by atoms with van der Waals surface area (Å²) in [5.41, 5.74) is 2.60. The van der Waals surface area contributed by atoms with Crippen molar-refractivity contribution in [3.63, 3.8) is 0 Å². The second-order valence-corrected chi connectivity index (χ2v) is 14.4. The number of fused-ring (bicyclic) bond motifs is 2. The molecule has 2 fully saturated rings. The first-order valence-electron chi connectivity index (χ1n) is 19.1. The van der Waals surface area contributed by atoms with Gasteiger partial charge in [0.05, 0.1) is 43.9 Å². The van der Waals surface area contributed by atoms with Crippen molar-refractivity contribution in [2.75, 3.05) is 92.0 Å². The standard InChI is InChI=1S/C39H58ClN3O10/c1-3-20-52-39-35(43(16-22-49-24-19-46)38(47)51-21-12-40)27-33(41-48-2)31-25-28(8-4-6-17-44)30(9-5-7-18-45)36(37(31)39)32-26-29(10-11-34(32)53-39)50-23-15-42-13-14-42/h3,10-11,25-26,28,30,35-37,44-46H,1,4-9,12-24,27H2,2H3/t28-,30+,35-,36+,37+,39+/m0/s1. The average molecular weight is 764 g/mol. The van der Waals surface area contributed by atoms with Crippen LogP contribution in [0.3, 0.4) is 0 Å². The molecule has 13 nitrogen and oxygen atoms in total. The monoisotopic (exact) mass is 763 g/mol. The fraction of sp³-hybridized carbons (Fsp3) is 0.692. The van der Waals surface area contributed by atoms with Crippen LogP contribution in [0, 0.1) is 17.8 Å². The zero-order valence-electron chi connectivity index (χ0n) is 31.0. The van der Waals surface area contributed by atoms with E-state index in [1.165, 1.54) is 7.11 Å². The predicted molar refractivity (Wildman–Crippen MR) is 201 cm³/mol. The van der Waals surface area contributed by atoms with Crippen LogP contribution in [-0.2, 0) is 19.0 Å². The molecule has 1 aromatic carbocycles. The topological polar surface area (TPSA) is 152 Å². The number of aliphatic hydroxyl groups excluding tert-OH is 3. The van der Waals surface area contributed by atoms with Gasteiger partial charge in [0, 0.05) is 57.3 Å². The molecule has 2 aliphatic heterocycles. The number of unbranched alkanes of at least 4 members (excludes halogenated alkanes) is 2. The molecule has 1 saturated heterocycles. The van der Waals surface area contributed by atoms with Gasteiger partial charge in [-0.3, -0.25) is 9.80 Å². The fourth-order valence-electron chi connectivity index (χ4n) is 8.35. The maximum atomic E-state index is 14.0. The van der Waals surface area contributed by atoms with E-state index in [0.717, 1.165) is 62.2 Å². The van der Waals surface area contributed by atoms with E-state index in [1.807, 2.05) is 12.1 Å². The highest BCUT2D eigenvalue weighted by Crippen LogP contribution is 2.62. The van der Waals surface area contributed by atoms with E-state index in [9.17, 15) is 20.1 Å². The number of aliphatic hydroxyl groups is 3. The Morgan fingerprint density at radius 1 is 1.09 bits per heavy atom. The first-order chi connectivity index (χ1) is 26.0. The lowest BCUT2D eigenvalue weighted by molar-refractivity contribution is -0.256. The molecule has 0 bridgehead atoms. The Balaban J connectivity index is 1.70. The van der Waals surface area contributed by atoms with Gasteiger partial charge in [-0.1, -0.05) is 30.1 Å². The lowest BCUT2D eigenvalue weighted by Gasteiger charge is -2.59. The molecular formula is C39H58ClN3O10. The summed E-state index contributed by atoms with van der Waals surface area (Å²) >= 11 is 5.97. The molecule has 1 amide bonds. The minimum absolute atomic E-state index is 0.00449. The quantitative estimate of drug-likeness (QED) is 0.0454. The molecule has 0 unspecified atom stereocenters. The molecule has 5 rings (SSSR count). The fourth-order valence-corrected chi connectivity index (χ4v) is 8.43. The number of carbonyl (C=O) groups is 1. The van der Waals surface area contributed by atoms with Crippen molar-refractivity contribution in [2.45, 2.75) is 62.7 Å². The van der Waals surface area contributed by atoms with Gasteiger partial charge in [0.15, 0.2) is 0 Å². The number of hydrogen-bond donors (Lipinski definition) is 3. The summed E-state index contributed by atoms with van der Waals surface area (Å²) in [6.07, 6.45) is 8.28. The Morgan fingerprint density at radius 2 is 1.89 bits per heavy atom. The number of carbonyl (C=O) groups excluding carboxylic acids is 1. The van der Waals surface area contributed by atoms with Gasteiger partial charge < -0.3 is 43.8 Å². The Labute approximate surface area is 318 Å². The first kappa shape index (κ1) is 41.3. The van der Waals surface area contributed by atoms with Gasteiger partial charge in [-0.15, -0.1) is 18.2 Å². The predicted octanol–water partition coefficient (Wildman–Crippen LogP) is 4.33. The summed E-state index contributed by atoms with van der Waals surface area (Å²) in [6, 6.07) is 5.20. The lowest BCUT2D eigenvalue weighted by Crippen LogP contribution is -2.70. The van der Waals surface area contributed by atoms with Gasteiger partial charge >= 0.3 is 6.09 Å². The first-order valence-corrected chi connectivity index (χ1v) is 19.6. The van der Waals surface area contributed by atoms with Crippen molar-refractivity contribution in [1.29, 1.82) is 0 Å². The number of rotatable bonds is 24. The number of ether oxygens (including phenoxy) is 5. The van der Waals surface area contributed by atoms with E-state index >= 15 is 0 Å². The third-order valence-corrected chi connectivity index (χ3v) is 10.8. The molecule has 2 heterocycles. The van der Waals surface area contributed by atoms with E-state index < -0.39 is 23.8 Å². The van der Waals surface area contributed by atoms with Crippen LogP contribution in [-0.4, -0.2) is 141 Å². The molecule has 1 saturated carbocycles. The molecule has 2 aliphatic carbocycles. The molecule has 3 N–H and O–H groups in total. The van der Waals surface area contributed by atoms with Crippen molar-refractivity contribution in [2.24, 2.45) is 22.9 Å². The SMILES string of the molecule is C=CCO[C@@]12Oc3ccc(OCCN4CC4)cc3[C@H]3[C@H](CCCCO)[C@@H](CCCCO)C=C(C(=NOC)C[C@@H]1N(CCOCCO)C(=O)OCCCl)[C@H]32. The van der Waals surface area contributed by atoms with Crippen LogP contribution < -0.4 is 9.47 Å². The molecule has 6 atom stereocenters. The Bertz CT molecular complexity index is 1390. The average Bonchev–Trinajstić information content (AvgIpc) is 4.00. The van der Waals surface area contributed by atoms with Gasteiger partial charge in [0.2, 0.25) is 5.79 Å². The van der Waals surface area contributed by atoms with Crippen LogP contribution in [0.5, 0.6) is 11.5 Å². The maximum absolute atomic E-state index is 14.0. The van der Waals surface area contributed by atoms with E-state index in [2.05, 4.69) is 28.8 Å². The zero-order valence-corrected chi connectivity index (χ0v) is 31.8. The number of hydrogen-bond acceptors (Lipinski definition) is 12. The molecular weight excluding hydrogens is 706 g/mol. The number of amides is 1. The Morgan fingerprint density at radius 3 is 2.58 bits per heavy atom. The second kappa shape index (κ2) is 20.7. The molecule has 296 valence electrons. The van der Waals surface area contributed by atoms with Crippen molar-refractivity contribution in [3.8, 4) is 11.5 Å². The largest absolute Gasteiger partial charge is 0.492 e. The smallest absolute Gasteiger partial charge is 0.410 e. The maximum Gasteiger partial charge on any atom is 0.410 e. The number of halogens is 1. The highest BCUT2D eigenvalue weighted by atomic mass is 35.5. The summed E-state index contributed by atoms with van der Waals surface area (Å²) in [7, 11) is 1.51. The van der Waals surface area contributed by atoms with Crippen LogP contribution in [0.4, 0.5) is 4.79 Å². The van der Waals surface area contributed by atoms with Crippen molar-refractivity contribution in [3.05, 3.63) is 48.1 Å². The lowest BCUT2D eigenvalue weighted by atomic mass is 9.55. The van der Waals surface area contributed by atoms with E-state index in [4.69, 9.17) is 40.1 Å². The molecule has 1 aromatic rings. The van der Waals surface area contributed by atoms with Crippen LogP contribution in [0.15, 0.2) is 47.7 Å². The van der Waals surface area contributed by atoms with Crippen molar-refractivity contribution in [1.82, 2.24) is 9.80 Å². The van der Waals surface area contributed by atoms with Crippen LogP contribution in [0.2, 0.25) is 0 Å². The van der Waals surface area contributed by atoms with Crippen LogP contribution in [0.1, 0.15) is 56.4 Å². The van der Waals surface area contributed by atoms with Crippen molar-refractivity contribution < 1.29 is 48.6 Å². The summed E-state index contributed by atoms with van der Waals surface area (Å²) in [5, 5.41) is 33.6. The van der Waals surface area contributed by atoms with Gasteiger partial charge in [-0.25, -0.2) is 4.79 Å². The summed E-state index contributed by atoms with van der Waals surface area (Å²) in [4.78, 5) is 23.4. The van der Waals surface area contributed by atoms with Gasteiger partial charge in [0.1, 0.15) is 37.9 Å². The molecule has 53 heavy (non-hydrogen) atoms. The summed E-state index contributed by atoms with van der Waals surface area (Å²) < 4.78 is 31.7. The second-order valence-electron chi connectivity index (χ2n) is 14.0. The summed E-state index contributed by atoms with van der Waals surface area (Å²) in [6.45, 7) is 8.14. The number of oxime groups is 1. The van der Waals surface area contributed by atoms with Gasteiger partial charge in [-0.05, 0) is 61.3 Å². The minimum Gasteiger partial charge on any atom is -0.492 e. The number of benzene rings is 1. The number of allylic oxidation sites excluding steroid dienone is 1.